The van der Waals surface area contributed by atoms with Crippen LogP contribution in [0.5, 0.6) is 0 Å². The monoisotopic (exact) mass is 336 g/mol. The van der Waals surface area contributed by atoms with E-state index in [9.17, 15) is 9.59 Å². The summed E-state index contributed by atoms with van der Waals surface area (Å²) >= 11 is 0. The average Bonchev–Trinajstić information content (AvgIpc) is 3.38. The molecule has 0 bridgehead atoms. The molecule has 24 heavy (non-hydrogen) atoms. The van der Waals surface area contributed by atoms with Crippen molar-refractivity contribution in [2.75, 3.05) is 32.8 Å². The first-order valence-corrected chi connectivity index (χ1v) is 9.50. The quantitative estimate of drug-likeness (QED) is 0.465. The third-order valence-corrected chi connectivity index (χ3v) is 4.67. The summed E-state index contributed by atoms with van der Waals surface area (Å²) in [7, 11) is 0. The Morgan fingerprint density at radius 1 is 1.33 bits per heavy atom. The van der Waals surface area contributed by atoms with Crippen LogP contribution in [0.4, 0.5) is 0 Å². The van der Waals surface area contributed by atoms with Crippen molar-refractivity contribution in [2.24, 2.45) is 5.92 Å². The molecule has 2 aliphatic rings. The zero-order chi connectivity index (χ0) is 17.2. The van der Waals surface area contributed by atoms with Gasteiger partial charge in [0.25, 0.3) is 0 Å². The summed E-state index contributed by atoms with van der Waals surface area (Å²) in [6, 6.07) is 0. The van der Waals surface area contributed by atoms with Gasteiger partial charge in [0, 0.05) is 19.6 Å². The van der Waals surface area contributed by atoms with E-state index in [1.165, 1.54) is 44.1 Å². The normalized spacial score (nSPS) is 17.5. The van der Waals surface area contributed by atoms with Gasteiger partial charge in [0.1, 0.15) is 0 Å². The van der Waals surface area contributed by atoms with Crippen LogP contribution in [-0.2, 0) is 14.3 Å². The van der Waals surface area contributed by atoms with E-state index in [4.69, 9.17) is 4.74 Å². The molecule has 5 heteroatoms. The molecule has 0 aromatic heterocycles. The van der Waals surface area contributed by atoms with Gasteiger partial charge in [-0.05, 0) is 57.8 Å². The first kappa shape index (κ1) is 19.0. The topological polar surface area (TPSA) is 58.6 Å². The van der Waals surface area contributed by atoms with Gasteiger partial charge in [-0.3, -0.25) is 14.5 Å². The number of nitrogens with zero attached hydrogens (tertiary/aromatic N) is 1. The van der Waals surface area contributed by atoms with E-state index < -0.39 is 0 Å². The highest BCUT2D eigenvalue weighted by Gasteiger charge is 2.25. The van der Waals surface area contributed by atoms with Crippen LogP contribution in [0.25, 0.3) is 0 Å². The highest BCUT2D eigenvalue weighted by atomic mass is 16.5. The largest absolute Gasteiger partial charge is 0.466 e. The van der Waals surface area contributed by atoms with Gasteiger partial charge in [0.05, 0.1) is 19.6 Å². The van der Waals surface area contributed by atoms with Crippen molar-refractivity contribution in [1.82, 2.24) is 10.2 Å². The number of hydrogen-bond acceptors (Lipinski definition) is 4. The molecule has 0 saturated heterocycles. The van der Waals surface area contributed by atoms with Crippen molar-refractivity contribution in [3.63, 3.8) is 0 Å². The fourth-order valence-corrected chi connectivity index (χ4v) is 3.14. The summed E-state index contributed by atoms with van der Waals surface area (Å²) in [4.78, 5) is 25.8. The van der Waals surface area contributed by atoms with Crippen LogP contribution < -0.4 is 5.32 Å². The molecule has 0 spiro atoms. The van der Waals surface area contributed by atoms with Crippen molar-refractivity contribution >= 4 is 11.9 Å². The highest BCUT2D eigenvalue weighted by molar-refractivity contribution is 5.78. The number of nitrogens with one attached hydrogen (secondary N) is 1. The standard InChI is InChI=1S/C19H32N2O3/c1-2-24-19(23)11-13-21(14-17-8-9-17)15-18(22)20-12-10-16-6-4-3-5-7-16/h6,17H,2-5,7-15H2,1H3,(H,20,22). The lowest BCUT2D eigenvalue weighted by atomic mass is 9.97. The van der Waals surface area contributed by atoms with Crippen LogP contribution in [0.15, 0.2) is 11.6 Å². The molecule has 0 atom stereocenters. The SMILES string of the molecule is CCOC(=O)CCN(CC(=O)NCCC1=CCCCC1)CC1CC1. The van der Waals surface area contributed by atoms with Crippen LogP contribution in [0.1, 0.15) is 58.3 Å². The molecule has 1 fully saturated rings. The lowest BCUT2D eigenvalue weighted by Crippen LogP contribution is -2.39. The van der Waals surface area contributed by atoms with E-state index in [1.54, 1.807) is 0 Å². The molecule has 0 aliphatic heterocycles. The second-order valence-electron chi connectivity index (χ2n) is 6.94. The summed E-state index contributed by atoms with van der Waals surface area (Å²) in [5, 5.41) is 3.03. The van der Waals surface area contributed by atoms with Crippen molar-refractivity contribution in [3.8, 4) is 0 Å². The summed E-state index contributed by atoms with van der Waals surface area (Å²) in [6.07, 6.45) is 11.1. The molecule has 1 saturated carbocycles. The average molecular weight is 336 g/mol. The Kier molecular flexibility index (Phi) is 8.29. The van der Waals surface area contributed by atoms with Crippen LogP contribution in [0.2, 0.25) is 0 Å². The van der Waals surface area contributed by atoms with Gasteiger partial charge < -0.3 is 10.1 Å². The van der Waals surface area contributed by atoms with Crippen molar-refractivity contribution in [1.29, 1.82) is 0 Å². The predicted octanol–water partition coefficient (Wildman–Crippen LogP) is 2.66. The molecular formula is C19H32N2O3. The van der Waals surface area contributed by atoms with Crippen LogP contribution in [0, 0.1) is 5.92 Å². The van der Waals surface area contributed by atoms with Crippen molar-refractivity contribution in [3.05, 3.63) is 11.6 Å². The zero-order valence-corrected chi connectivity index (χ0v) is 15.0. The molecule has 5 nitrogen and oxygen atoms in total. The Hall–Kier alpha value is -1.36. The van der Waals surface area contributed by atoms with Gasteiger partial charge in [-0.2, -0.15) is 0 Å². The molecular weight excluding hydrogens is 304 g/mol. The second kappa shape index (κ2) is 10.5. The first-order valence-electron chi connectivity index (χ1n) is 9.50. The molecule has 0 heterocycles. The number of amides is 1. The van der Waals surface area contributed by atoms with E-state index in [2.05, 4.69) is 16.3 Å². The van der Waals surface area contributed by atoms with Gasteiger partial charge in [-0.25, -0.2) is 0 Å². The fourth-order valence-electron chi connectivity index (χ4n) is 3.14. The Labute approximate surface area is 145 Å². The minimum atomic E-state index is -0.178. The van der Waals surface area contributed by atoms with Crippen molar-refractivity contribution < 1.29 is 14.3 Å². The van der Waals surface area contributed by atoms with E-state index in [0.717, 1.165) is 19.5 Å². The summed E-state index contributed by atoms with van der Waals surface area (Å²) in [5.41, 5.74) is 1.48. The maximum absolute atomic E-state index is 12.2. The van der Waals surface area contributed by atoms with E-state index in [0.29, 0.717) is 32.0 Å². The van der Waals surface area contributed by atoms with Crippen LogP contribution in [-0.4, -0.2) is 49.6 Å². The third kappa shape index (κ3) is 7.95. The van der Waals surface area contributed by atoms with Gasteiger partial charge in [0.15, 0.2) is 0 Å². The van der Waals surface area contributed by atoms with Gasteiger partial charge in [0.2, 0.25) is 5.91 Å². The van der Waals surface area contributed by atoms with Crippen LogP contribution >= 0.6 is 0 Å². The Morgan fingerprint density at radius 2 is 2.17 bits per heavy atom. The number of ether oxygens (including phenoxy) is 1. The van der Waals surface area contributed by atoms with E-state index >= 15 is 0 Å². The fraction of sp³-hybridized carbons (Fsp3) is 0.789. The van der Waals surface area contributed by atoms with Gasteiger partial charge in [-0.15, -0.1) is 0 Å². The maximum Gasteiger partial charge on any atom is 0.307 e. The van der Waals surface area contributed by atoms with Crippen LogP contribution in [0.3, 0.4) is 0 Å². The summed E-state index contributed by atoms with van der Waals surface area (Å²) in [6.45, 7) is 4.85. The number of carbonyl (C=O) groups excluding carboxylic acids is 2. The minimum Gasteiger partial charge on any atom is -0.466 e. The van der Waals surface area contributed by atoms with Gasteiger partial charge in [-0.1, -0.05) is 11.6 Å². The Bertz CT molecular complexity index is 444. The summed E-state index contributed by atoms with van der Waals surface area (Å²) < 4.78 is 4.98. The minimum absolute atomic E-state index is 0.0657. The van der Waals surface area contributed by atoms with E-state index in [1.807, 2.05) is 6.92 Å². The highest BCUT2D eigenvalue weighted by Crippen LogP contribution is 2.29. The molecule has 136 valence electrons. The lowest BCUT2D eigenvalue weighted by molar-refractivity contribution is -0.143. The molecule has 0 aromatic carbocycles. The molecule has 0 aromatic rings. The molecule has 2 aliphatic carbocycles. The molecule has 0 unspecified atom stereocenters. The second-order valence-corrected chi connectivity index (χ2v) is 6.94. The number of hydrogen-bond donors (Lipinski definition) is 1. The first-order chi connectivity index (χ1) is 11.7. The predicted molar refractivity (Wildman–Crippen MR) is 94.6 cm³/mol. The molecule has 2 rings (SSSR count). The Balaban J connectivity index is 1.66. The molecule has 1 N–H and O–H groups in total. The van der Waals surface area contributed by atoms with E-state index in [-0.39, 0.29) is 11.9 Å². The lowest BCUT2D eigenvalue weighted by Gasteiger charge is -2.21. The number of allylic oxidation sites excluding steroid dienone is 1. The zero-order valence-electron chi connectivity index (χ0n) is 15.0. The maximum atomic E-state index is 12.2. The number of rotatable bonds is 11. The Morgan fingerprint density at radius 3 is 2.83 bits per heavy atom. The summed E-state index contributed by atoms with van der Waals surface area (Å²) in [5.74, 6) is 0.589. The number of esters is 1. The smallest absolute Gasteiger partial charge is 0.307 e. The van der Waals surface area contributed by atoms with Gasteiger partial charge >= 0.3 is 5.97 Å². The molecule has 0 radical (unpaired) electrons. The van der Waals surface area contributed by atoms with Crippen molar-refractivity contribution in [2.45, 2.75) is 58.3 Å². The third-order valence-electron chi connectivity index (χ3n) is 4.67. The number of carbonyl (C=O) groups is 2. The molecule has 1 amide bonds.